The van der Waals surface area contributed by atoms with Crippen molar-refractivity contribution in [2.24, 2.45) is 5.73 Å². The van der Waals surface area contributed by atoms with Gasteiger partial charge in [-0.15, -0.1) is 0 Å². The summed E-state index contributed by atoms with van der Waals surface area (Å²) in [5.41, 5.74) is 7.47. The summed E-state index contributed by atoms with van der Waals surface area (Å²) in [7, 11) is 0. The molecule has 14 heavy (non-hydrogen) atoms. The fourth-order valence-corrected chi connectivity index (χ4v) is 1.40. The van der Waals surface area contributed by atoms with E-state index >= 15 is 0 Å². The van der Waals surface area contributed by atoms with E-state index in [0.29, 0.717) is 6.42 Å². The Kier molecular flexibility index (Phi) is 4.04. The molecule has 0 spiro atoms. The third-order valence-corrected chi connectivity index (χ3v) is 2.26. The standard InChI is InChI=1S/C11H16FNO/c1-2-8-5-9(7-10(12)6-8)11(13)3-4-14/h5-7,11,14H,2-4,13H2,1H3. The quantitative estimate of drug-likeness (QED) is 0.772. The Balaban J connectivity index is 2.90. The van der Waals surface area contributed by atoms with Crippen LogP contribution in [0.1, 0.15) is 30.5 Å². The van der Waals surface area contributed by atoms with Crippen molar-refractivity contribution in [3.8, 4) is 0 Å². The first-order chi connectivity index (χ1) is 6.67. The van der Waals surface area contributed by atoms with Crippen LogP contribution in [0.15, 0.2) is 18.2 Å². The van der Waals surface area contributed by atoms with Crippen molar-refractivity contribution in [1.82, 2.24) is 0 Å². The number of nitrogens with two attached hydrogens (primary N) is 1. The van der Waals surface area contributed by atoms with Crippen molar-refractivity contribution in [1.29, 1.82) is 0 Å². The predicted octanol–water partition coefficient (Wildman–Crippen LogP) is 1.77. The average molecular weight is 197 g/mol. The molecule has 1 atom stereocenters. The zero-order valence-corrected chi connectivity index (χ0v) is 8.33. The van der Waals surface area contributed by atoms with E-state index in [2.05, 4.69) is 0 Å². The van der Waals surface area contributed by atoms with Gasteiger partial charge in [0, 0.05) is 12.6 Å². The van der Waals surface area contributed by atoms with Crippen molar-refractivity contribution in [2.75, 3.05) is 6.61 Å². The van der Waals surface area contributed by atoms with Gasteiger partial charge in [-0.05, 0) is 36.1 Å². The molecule has 3 N–H and O–H groups in total. The summed E-state index contributed by atoms with van der Waals surface area (Å²) in [6.07, 6.45) is 1.25. The molecule has 2 nitrogen and oxygen atoms in total. The summed E-state index contributed by atoms with van der Waals surface area (Å²) < 4.78 is 13.1. The summed E-state index contributed by atoms with van der Waals surface area (Å²) in [5.74, 6) is -0.257. The zero-order chi connectivity index (χ0) is 10.6. The SMILES string of the molecule is CCc1cc(F)cc(C(N)CCO)c1. The Morgan fingerprint density at radius 1 is 1.43 bits per heavy atom. The topological polar surface area (TPSA) is 46.2 Å². The molecule has 3 heteroatoms. The van der Waals surface area contributed by atoms with E-state index < -0.39 is 0 Å². The Hall–Kier alpha value is -0.930. The zero-order valence-electron chi connectivity index (χ0n) is 8.33. The summed E-state index contributed by atoms with van der Waals surface area (Å²) in [5, 5.41) is 8.72. The first-order valence-electron chi connectivity index (χ1n) is 4.83. The summed E-state index contributed by atoms with van der Waals surface area (Å²) >= 11 is 0. The molecule has 0 aromatic heterocycles. The van der Waals surface area contributed by atoms with Gasteiger partial charge in [-0.2, -0.15) is 0 Å². The molecule has 1 unspecified atom stereocenters. The molecular formula is C11H16FNO. The molecule has 1 rings (SSSR count). The minimum absolute atomic E-state index is 0.0269. The Bertz CT molecular complexity index is 301. The van der Waals surface area contributed by atoms with E-state index in [1.165, 1.54) is 12.1 Å². The molecule has 0 amide bonds. The van der Waals surface area contributed by atoms with E-state index in [9.17, 15) is 4.39 Å². The van der Waals surface area contributed by atoms with E-state index in [1.54, 1.807) is 0 Å². The first kappa shape index (κ1) is 11.1. The Labute approximate surface area is 83.6 Å². The fraction of sp³-hybridized carbons (Fsp3) is 0.455. The van der Waals surface area contributed by atoms with Gasteiger partial charge >= 0.3 is 0 Å². The lowest BCUT2D eigenvalue weighted by Crippen LogP contribution is -2.12. The van der Waals surface area contributed by atoms with Crippen LogP contribution < -0.4 is 5.73 Å². The van der Waals surface area contributed by atoms with E-state index in [4.69, 9.17) is 10.8 Å². The molecule has 0 heterocycles. The molecule has 0 radical (unpaired) electrons. The maximum absolute atomic E-state index is 13.1. The molecular weight excluding hydrogens is 181 g/mol. The normalized spacial score (nSPS) is 12.9. The molecule has 0 aliphatic rings. The molecule has 1 aromatic rings. The van der Waals surface area contributed by atoms with E-state index in [1.807, 2.05) is 13.0 Å². The van der Waals surface area contributed by atoms with Crippen LogP contribution in [0.3, 0.4) is 0 Å². The maximum Gasteiger partial charge on any atom is 0.123 e. The summed E-state index contributed by atoms with van der Waals surface area (Å²) in [6, 6.07) is 4.55. The van der Waals surface area contributed by atoms with Gasteiger partial charge in [-0.25, -0.2) is 4.39 Å². The highest BCUT2D eigenvalue weighted by atomic mass is 19.1. The van der Waals surface area contributed by atoms with Gasteiger partial charge in [0.05, 0.1) is 0 Å². The number of benzene rings is 1. The number of aliphatic hydroxyl groups excluding tert-OH is 1. The third kappa shape index (κ3) is 2.79. The number of halogens is 1. The number of hydrogen-bond donors (Lipinski definition) is 2. The molecule has 1 aromatic carbocycles. The maximum atomic E-state index is 13.1. The molecule has 0 aliphatic carbocycles. The van der Waals surface area contributed by atoms with Crippen LogP contribution in [0.25, 0.3) is 0 Å². The largest absolute Gasteiger partial charge is 0.396 e. The van der Waals surface area contributed by atoms with Gasteiger partial charge < -0.3 is 10.8 Å². The highest BCUT2D eigenvalue weighted by molar-refractivity contribution is 5.26. The lowest BCUT2D eigenvalue weighted by molar-refractivity contribution is 0.276. The molecule has 0 aliphatic heterocycles. The van der Waals surface area contributed by atoms with Crippen LogP contribution in [0, 0.1) is 5.82 Å². The van der Waals surface area contributed by atoms with Gasteiger partial charge in [-0.3, -0.25) is 0 Å². The van der Waals surface area contributed by atoms with Gasteiger partial charge in [-0.1, -0.05) is 13.0 Å². The molecule has 0 saturated carbocycles. The van der Waals surface area contributed by atoms with Crippen LogP contribution in [0.2, 0.25) is 0 Å². The van der Waals surface area contributed by atoms with Gasteiger partial charge in [0.25, 0.3) is 0 Å². The number of rotatable bonds is 4. The Morgan fingerprint density at radius 3 is 2.71 bits per heavy atom. The number of hydrogen-bond acceptors (Lipinski definition) is 2. The van der Waals surface area contributed by atoms with Crippen LogP contribution in [-0.4, -0.2) is 11.7 Å². The molecule has 0 fully saturated rings. The second-order valence-corrected chi connectivity index (χ2v) is 3.37. The van der Waals surface area contributed by atoms with Crippen LogP contribution in [0.4, 0.5) is 4.39 Å². The van der Waals surface area contributed by atoms with Gasteiger partial charge in [0.15, 0.2) is 0 Å². The summed E-state index contributed by atoms with van der Waals surface area (Å²) in [6.45, 7) is 2.00. The Morgan fingerprint density at radius 2 is 2.14 bits per heavy atom. The smallest absolute Gasteiger partial charge is 0.123 e. The number of aliphatic hydroxyl groups is 1. The van der Waals surface area contributed by atoms with E-state index in [-0.39, 0.29) is 18.5 Å². The molecule has 0 saturated heterocycles. The predicted molar refractivity (Wildman–Crippen MR) is 54.4 cm³/mol. The fourth-order valence-electron chi connectivity index (χ4n) is 1.40. The second kappa shape index (κ2) is 5.08. The minimum atomic E-state index is -0.277. The van der Waals surface area contributed by atoms with Gasteiger partial charge in [0.2, 0.25) is 0 Å². The van der Waals surface area contributed by atoms with E-state index in [0.717, 1.165) is 17.5 Å². The highest BCUT2D eigenvalue weighted by Gasteiger charge is 2.07. The van der Waals surface area contributed by atoms with Gasteiger partial charge in [0.1, 0.15) is 5.82 Å². The highest BCUT2D eigenvalue weighted by Crippen LogP contribution is 2.17. The van der Waals surface area contributed by atoms with Crippen LogP contribution in [0.5, 0.6) is 0 Å². The lowest BCUT2D eigenvalue weighted by Gasteiger charge is -2.11. The third-order valence-electron chi connectivity index (χ3n) is 2.26. The van der Waals surface area contributed by atoms with Crippen molar-refractivity contribution in [2.45, 2.75) is 25.8 Å². The molecule has 78 valence electrons. The van der Waals surface area contributed by atoms with Crippen molar-refractivity contribution in [3.63, 3.8) is 0 Å². The van der Waals surface area contributed by atoms with Crippen LogP contribution >= 0.6 is 0 Å². The van der Waals surface area contributed by atoms with Crippen LogP contribution in [-0.2, 0) is 6.42 Å². The average Bonchev–Trinajstić information content (AvgIpc) is 2.17. The molecule has 0 bridgehead atoms. The van der Waals surface area contributed by atoms with Crippen molar-refractivity contribution in [3.05, 3.63) is 35.1 Å². The van der Waals surface area contributed by atoms with Crippen molar-refractivity contribution >= 4 is 0 Å². The lowest BCUT2D eigenvalue weighted by atomic mass is 10.0. The first-order valence-corrected chi connectivity index (χ1v) is 4.83. The monoisotopic (exact) mass is 197 g/mol. The number of aryl methyl sites for hydroxylation is 1. The summed E-state index contributed by atoms with van der Waals surface area (Å²) in [4.78, 5) is 0. The minimum Gasteiger partial charge on any atom is -0.396 e. The van der Waals surface area contributed by atoms with Crippen molar-refractivity contribution < 1.29 is 9.50 Å². The second-order valence-electron chi connectivity index (χ2n) is 3.37.